The van der Waals surface area contributed by atoms with E-state index in [1.165, 1.54) is 7.11 Å². The van der Waals surface area contributed by atoms with Crippen LogP contribution in [0.15, 0.2) is 48.5 Å². The zero-order valence-electron chi connectivity index (χ0n) is 19.1. The lowest BCUT2D eigenvalue weighted by Crippen LogP contribution is -2.61. The third-order valence-corrected chi connectivity index (χ3v) is 6.13. The lowest BCUT2D eigenvalue weighted by molar-refractivity contribution is -0.150. The summed E-state index contributed by atoms with van der Waals surface area (Å²) in [6, 6.07) is 15.1. The van der Waals surface area contributed by atoms with Crippen molar-refractivity contribution in [3.8, 4) is 11.1 Å². The van der Waals surface area contributed by atoms with Crippen molar-refractivity contribution in [1.29, 1.82) is 0 Å². The molecular formula is C25H30N2O6. The first kappa shape index (κ1) is 24.3. The molecule has 0 aliphatic heterocycles. The minimum Gasteiger partial charge on any atom is -0.479 e. The highest BCUT2D eigenvalue weighted by molar-refractivity contribution is 5.91. The van der Waals surface area contributed by atoms with Crippen molar-refractivity contribution in [2.24, 2.45) is 0 Å². The summed E-state index contributed by atoms with van der Waals surface area (Å²) in [6.07, 6.45) is -0.339. The lowest BCUT2D eigenvalue weighted by atomic mass is 9.96. The molecular weight excluding hydrogens is 424 g/mol. The van der Waals surface area contributed by atoms with Gasteiger partial charge in [-0.25, -0.2) is 9.59 Å². The number of amides is 2. The number of fused-ring (bicyclic) bond motifs is 3. The molecule has 3 rings (SSSR count). The molecule has 2 aromatic rings. The molecule has 0 aromatic heterocycles. The highest BCUT2D eigenvalue weighted by atomic mass is 16.5. The van der Waals surface area contributed by atoms with Crippen LogP contribution < -0.4 is 10.6 Å². The molecule has 1 unspecified atom stereocenters. The zero-order valence-corrected chi connectivity index (χ0v) is 19.1. The summed E-state index contributed by atoms with van der Waals surface area (Å²) in [4.78, 5) is 37.0. The van der Waals surface area contributed by atoms with E-state index in [9.17, 15) is 19.5 Å². The van der Waals surface area contributed by atoms with Crippen molar-refractivity contribution in [3.05, 3.63) is 59.7 Å². The third kappa shape index (κ3) is 5.01. The predicted molar refractivity (Wildman–Crippen MR) is 123 cm³/mol. The summed E-state index contributed by atoms with van der Waals surface area (Å²) in [7, 11) is 1.37. The van der Waals surface area contributed by atoms with Gasteiger partial charge in [-0.3, -0.25) is 4.79 Å². The Morgan fingerprint density at radius 1 is 1.03 bits per heavy atom. The fourth-order valence-corrected chi connectivity index (χ4v) is 4.20. The molecule has 2 aromatic carbocycles. The maximum absolute atomic E-state index is 12.8. The maximum atomic E-state index is 12.8. The number of alkyl carbamates (subject to hydrolysis) is 1. The second-order valence-electron chi connectivity index (χ2n) is 8.09. The monoisotopic (exact) mass is 454 g/mol. The van der Waals surface area contributed by atoms with Crippen LogP contribution in [-0.2, 0) is 19.1 Å². The Kier molecular flexibility index (Phi) is 7.71. The number of carbonyl (C=O) groups is 3. The van der Waals surface area contributed by atoms with E-state index in [1.807, 2.05) is 48.5 Å². The van der Waals surface area contributed by atoms with Gasteiger partial charge in [0.1, 0.15) is 12.6 Å². The van der Waals surface area contributed by atoms with Gasteiger partial charge in [0.2, 0.25) is 5.91 Å². The SMILES string of the molecule is CC[C@@H](NC(=O)OCC1c2ccccc2-c2ccccc21)C(=O)NC(CC)(COC)C(=O)O. The fraction of sp³-hybridized carbons (Fsp3) is 0.400. The molecule has 2 amide bonds. The number of carboxylic acids is 1. The molecule has 8 heteroatoms. The number of rotatable bonds is 10. The van der Waals surface area contributed by atoms with E-state index in [-0.39, 0.29) is 32.0 Å². The van der Waals surface area contributed by atoms with E-state index in [0.717, 1.165) is 22.3 Å². The van der Waals surface area contributed by atoms with Crippen LogP contribution in [0, 0.1) is 0 Å². The molecule has 0 saturated heterocycles. The molecule has 8 nitrogen and oxygen atoms in total. The van der Waals surface area contributed by atoms with Crippen molar-refractivity contribution < 1.29 is 29.0 Å². The number of hydrogen-bond acceptors (Lipinski definition) is 5. The van der Waals surface area contributed by atoms with Crippen molar-refractivity contribution in [1.82, 2.24) is 10.6 Å². The van der Waals surface area contributed by atoms with Crippen LogP contribution in [0.2, 0.25) is 0 Å². The molecule has 33 heavy (non-hydrogen) atoms. The fourth-order valence-electron chi connectivity index (χ4n) is 4.20. The molecule has 3 N–H and O–H groups in total. The predicted octanol–water partition coefficient (Wildman–Crippen LogP) is 3.30. The number of hydrogen-bond donors (Lipinski definition) is 3. The Morgan fingerprint density at radius 2 is 1.61 bits per heavy atom. The van der Waals surface area contributed by atoms with Crippen molar-refractivity contribution in [2.75, 3.05) is 20.3 Å². The average Bonchev–Trinajstić information content (AvgIpc) is 3.14. The molecule has 1 aliphatic rings. The third-order valence-electron chi connectivity index (χ3n) is 6.13. The summed E-state index contributed by atoms with van der Waals surface area (Å²) in [6.45, 7) is 3.30. The Balaban J connectivity index is 1.65. The van der Waals surface area contributed by atoms with Gasteiger partial charge in [-0.2, -0.15) is 0 Å². The minimum absolute atomic E-state index is 0.0986. The first-order valence-electron chi connectivity index (χ1n) is 11.0. The van der Waals surface area contributed by atoms with Gasteiger partial charge in [0.25, 0.3) is 0 Å². The Bertz CT molecular complexity index is 978. The Labute approximate surface area is 193 Å². The normalized spacial score (nSPS) is 15.0. The van der Waals surface area contributed by atoms with E-state index in [2.05, 4.69) is 10.6 Å². The molecule has 0 spiro atoms. The highest BCUT2D eigenvalue weighted by Crippen LogP contribution is 2.44. The first-order chi connectivity index (χ1) is 15.9. The van der Waals surface area contributed by atoms with Gasteiger partial charge >= 0.3 is 12.1 Å². The van der Waals surface area contributed by atoms with Gasteiger partial charge < -0.3 is 25.2 Å². The number of carboxylic acid groups (broad SMARTS) is 1. The Morgan fingerprint density at radius 3 is 2.09 bits per heavy atom. The van der Waals surface area contributed by atoms with Gasteiger partial charge in [0, 0.05) is 13.0 Å². The molecule has 2 atom stereocenters. The number of aliphatic carboxylic acids is 1. The van der Waals surface area contributed by atoms with Crippen molar-refractivity contribution in [2.45, 2.75) is 44.2 Å². The van der Waals surface area contributed by atoms with E-state index in [4.69, 9.17) is 9.47 Å². The standard InChI is InChI=1S/C25H30N2O6/c1-4-21(22(28)27-25(5-2,15-32-3)23(29)30)26-24(31)33-14-20-18-12-8-6-10-16(18)17-11-7-9-13-19(17)20/h6-13,20-21H,4-5,14-15H2,1-3H3,(H,26,31)(H,27,28)(H,29,30)/t21-,25?/m1/s1. The molecule has 0 bridgehead atoms. The smallest absolute Gasteiger partial charge is 0.407 e. The molecule has 0 fully saturated rings. The van der Waals surface area contributed by atoms with Crippen LogP contribution in [0.3, 0.4) is 0 Å². The quantitative estimate of drug-likeness (QED) is 0.508. The summed E-state index contributed by atoms with van der Waals surface area (Å²) in [5.74, 6) is -1.90. The average molecular weight is 455 g/mol. The van der Waals surface area contributed by atoms with Gasteiger partial charge in [-0.1, -0.05) is 62.4 Å². The topological polar surface area (TPSA) is 114 Å². The van der Waals surface area contributed by atoms with E-state index in [0.29, 0.717) is 0 Å². The van der Waals surface area contributed by atoms with Crippen LogP contribution >= 0.6 is 0 Å². The number of benzene rings is 2. The molecule has 0 heterocycles. The number of methoxy groups -OCH3 is 1. The second-order valence-corrected chi connectivity index (χ2v) is 8.09. The van der Waals surface area contributed by atoms with Gasteiger partial charge in [0.05, 0.1) is 6.61 Å². The lowest BCUT2D eigenvalue weighted by Gasteiger charge is -2.30. The van der Waals surface area contributed by atoms with Gasteiger partial charge in [-0.15, -0.1) is 0 Å². The zero-order chi connectivity index (χ0) is 24.0. The van der Waals surface area contributed by atoms with E-state index in [1.54, 1.807) is 13.8 Å². The second kappa shape index (κ2) is 10.5. The van der Waals surface area contributed by atoms with Gasteiger partial charge in [-0.05, 0) is 35.1 Å². The highest BCUT2D eigenvalue weighted by Gasteiger charge is 2.40. The summed E-state index contributed by atoms with van der Waals surface area (Å²) >= 11 is 0. The van der Waals surface area contributed by atoms with Crippen molar-refractivity contribution in [3.63, 3.8) is 0 Å². The first-order valence-corrected chi connectivity index (χ1v) is 11.0. The van der Waals surface area contributed by atoms with Crippen LogP contribution in [0.4, 0.5) is 4.79 Å². The summed E-state index contributed by atoms with van der Waals surface area (Å²) in [5, 5.41) is 14.7. The molecule has 1 aliphatic carbocycles. The molecule has 0 radical (unpaired) electrons. The van der Waals surface area contributed by atoms with Crippen LogP contribution in [0.5, 0.6) is 0 Å². The molecule has 0 saturated carbocycles. The van der Waals surface area contributed by atoms with Crippen LogP contribution in [0.25, 0.3) is 11.1 Å². The van der Waals surface area contributed by atoms with Crippen LogP contribution in [0.1, 0.15) is 43.7 Å². The van der Waals surface area contributed by atoms with Crippen LogP contribution in [-0.4, -0.2) is 55.0 Å². The summed E-state index contributed by atoms with van der Waals surface area (Å²) in [5.41, 5.74) is 2.85. The van der Waals surface area contributed by atoms with Crippen molar-refractivity contribution >= 4 is 18.0 Å². The number of nitrogens with one attached hydrogen (secondary N) is 2. The largest absolute Gasteiger partial charge is 0.479 e. The number of ether oxygens (including phenoxy) is 2. The van der Waals surface area contributed by atoms with E-state index < -0.39 is 29.6 Å². The summed E-state index contributed by atoms with van der Waals surface area (Å²) < 4.78 is 10.5. The van der Waals surface area contributed by atoms with Gasteiger partial charge in [0.15, 0.2) is 5.54 Å². The molecule has 176 valence electrons. The minimum atomic E-state index is -1.57. The Hall–Kier alpha value is -3.39. The number of carbonyl (C=O) groups excluding carboxylic acids is 2. The maximum Gasteiger partial charge on any atom is 0.407 e. The van der Waals surface area contributed by atoms with E-state index >= 15 is 0 Å².